The van der Waals surface area contributed by atoms with E-state index in [9.17, 15) is 4.79 Å². The highest BCUT2D eigenvalue weighted by molar-refractivity contribution is 5.79. The molecule has 3 rings (SSSR count). The van der Waals surface area contributed by atoms with Crippen LogP contribution in [0.5, 0.6) is 11.5 Å². The molecule has 29 heavy (non-hydrogen) atoms. The van der Waals surface area contributed by atoms with Crippen molar-refractivity contribution in [1.82, 2.24) is 10.2 Å². The molecule has 0 spiro atoms. The Morgan fingerprint density at radius 2 is 1.83 bits per heavy atom. The summed E-state index contributed by atoms with van der Waals surface area (Å²) in [6, 6.07) is 14.7. The number of ether oxygens (including phenoxy) is 2. The monoisotopic (exact) mass is 396 g/mol. The summed E-state index contributed by atoms with van der Waals surface area (Å²) in [5.41, 5.74) is 3.25. The maximum absolute atomic E-state index is 12.4. The molecule has 1 saturated heterocycles. The summed E-state index contributed by atoms with van der Waals surface area (Å²) in [4.78, 5) is 15.0. The average molecular weight is 397 g/mol. The fourth-order valence-corrected chi connectivity index (χ4v) is 3.85. The van der Waals surface area contributed by atoms with E-state index in [0.717, 1.165) is 17.7 Å². The van der Waals surface area contributed by atoms with Crippen molar-refractivity contribution in [2.75, 3.05) is 20.8 Å². The Morgan fingerprint density at radius 3 is 2.52 bits per heavy atom. The Bertz CT molecular complexity index is 804. The summed E-state index contributed by atoms with van der Waals surface area (Å²) in [6.07, 6.45) is 4.19. The maximum Gasteiger partial charge on any atom is 0.224 e. The number of hydrogen-bond acceptors (Lipinski definition) is 4. The van der Waals surface area contributed by atoms with Crippen molar-refractivity contribution in [3.8, 4) is 11.5 Å². The molecule has 0 radical (unpaired) electrons. The van der Waals surface area contributed by atoms with Gasteiger partial charge in [0.2, 0.25) is 5.91 Å². The van der Waals surface area contributed by atoms with E-state index in [1.54, 1.807) is 14.2 Å². The maximum atomic E-state index is 12.4. The third kappa shape index (κ3) is 5.97. The highest BCUT2D eigenvalue weighted by Crippen LogP contribution is 2.24. The van der Waals surface area contributed by atoms with Crippen LogP contribution in [-0.2, 0) is 24.3 Å². The second-order valence-corrected chi connectivity index (χ2v) is 7.76. The van der Waals surface area contributed by atoms with Crippen LogP contribution in [0.3, 0.4) is 0 Å². The largest absolute Gasteiger partial charge is 0.497 e. The SMILES string of the molecule is COc1ccc(OC)c(CC(=O)NCc2ccc(CN3CCCCC3C)cc2)c1. The van der Waals surface area contributed by atoms with Crippen molar-refractivity contribution in [2.24, 2.45) is 0 Å². The summed E-state index contributed by atoms with van der Waals surface area (Å²) < 4.78 is 10.6. The van der Waals surface area contributed by atoms with Crippen LogP contribution >= 0.6 is 0 Å². The van der Waals surface area contributed by atoms with Crippen LogP contribution in [0, 0.1) is 0 Å². The van der Waals surface area contributed by atoms with Gasteiger partial charge in [0.05, 0.1) is 20.6 Å². The molecule has 0 bridgehead atoms. The number of amides is 1. The van der Waals surface area contributed by atoms with Crippen molar-refractivity contribution >= 4 is 5.91 Å². The van der Waals surface area contributed by atoms with E-state index in [0.29, 0.717) is 24.1 Å². The molecule has 1 amide bonds. The van der Waals surface area contributed by atoms with Gasteiger partial charge in [0, 0.05) is 24.7 Å². The minimum Gasteiger partial charge on any atom is -0.497 e. The van der Waals surface area contributed by atoms with Gasteiger partial charge in [0.1, 0.15) is 11.5 Å². The van der Waals surface area contributed by atoms with Crippen LogP contribution in [0.2, 0.25) is 0 Å². The lowest BCUT2D eigenvalue weighted by Crippen LogP contribution is -2.36. The quantitative estimate of drug-likeness (QED) is 0.734. The van der Waals surface area contributed by atoms with Gasteiger partial charge in [-0.05, 0) is 55.6 Å². The van der Waals surface area contributed by atoms with Gasteiger partial charge in [-0.3, -0.25) is 9.69 Å². The predicted molar refractivity (Wildman–Crippen MR) is 115 cm³/mol. The third-order valence-corrected chi connectivity index (χ3v) is 5.68. The number of piperidine rings is 1. The molecule has 2 aromatic carbocycles. The lowest BCUT2D eigenvalue weighted by atomic mass is 10.0. The summed E-state index contributed by atoms with van der Waals surface area (Å²) in [6.45, 7) is 5.03. The molecule has 2 aromatic rings. The number of methoxy groups -OCH3 is 2. The first-order chi connectivity index (χ1) is 14.1. The molecule has 1 atom stereocenters. The molecule has 156 valence electrons. The number of carbonyl (C=O) groups is 1. The van der Waals surface area contributed by atoms with Gasteiger partial charge in [-0.25, -0.2) is 0 Å². The van der Waals surface area contributed by atoms with Crippen LogP contribution < -0.4 is 14.8 Å². The molecule has 5 heteroatoms. The molecule has 1 N–H and O–H groups in total. The molecule has 1 fully saturated rings. The Hall–Kier alpha value is -2.53. The zero-order valence-corrected chi connectivity index (χ0v) is 17.7. The molecule has 1 aliphatic rings. The van der Waals surface area contributed by atoms with Gasteiger partial charge in [-0.15, -0.1) is 0 Å². The molecule has 0 saturated carbocycles. The fraction of sp³-hybridized carbons (Fsp3) is 0.458. The highest BCUT2D eigenvalue weighted by Gasteiger charge is 2.18. The highest BCUT2D eigenvalue weighted by atomic mass is 16.5. The van der Waals surface area contributed by atoms with E-state index < -0.39 is 0 Å². The first-order valence-electron chi connectivity index (χ1n) is 10.4. The van der Waals surface area contributed by atoms with E-state index in [1.807, 2.05) is 18.2 Å². The van der Waals surface area contributed by atoms with Gasteiger partial charge in [-0.1, -0.05) is 30.7 Å². The number of carbonyl (C=O) groups excluding carboxylic acids is 1. The number of nitrogens with one attached hydrogen (secondary N) is 1. The van der Waals surface area contributed by atoms with Gasteiger partial charge < -0.3 is 14.8 Å². The Labute approximate surface area is 174 Å². The summed E-state index contributed by atoms with van der Waals surface area (Å²) in [5.74, 6) is 1.37. The molecule has 1 aliphatic heterocycles. The zero-order valence-electron chi connectivity index (χ0n) is 17.7. The van der Waals surface area contributed by atoms with Crippen molar-refractivity contribution in [3.63, 3.8) is 0 Å². The average Bonchev–Trinajstić information content (AvgIpc) is 2.75. The summed E-state index contributed by atoms with van der Waals surface area (Å²) >= 11 is 0. The predicted octanol–water partition coefficient (Wildman–Crippen LogP) is 3.94. The van der Waals surface area contributed by atoms with Gasteiger partial charge in [-0.2, -0.15) is 0 Å². The zero-order chi connectivity index (χ0) is 20.6. The Balaban J connectivity index is 1.51. The molecule has 1 heterocycles. The fourth-order valence-electron chi connectivity index (χ4n) is 3.85. The van der Waals surface area contributed by atoms with Crippen LogP contribution in [-0.4, -0.2) is 37.6 Å². The van der Waals surface area contributed by atoms with Gasteiger partial charge in [0.15, 0.2) is 0 Å². The van der Waals surface area contributed by atoms with Crippen LogP contribution in [0.25, 0.3) is 0 Å². The second-order valence-electron chi connectivity index (χ2n) is 7.76. The first-order valence-corrected chi connectivity index (χ1v) is 10.4. The van der Waals surface area contributed by atoms with Gasteiger partial charge in [0.25, 0.3) is 0 Å². The Kier molecular flexibility index (Phi) is 7.53. The van der Waals surface area contributed by atoms with Crippen LogP contribution in [0.1, 0.15) is 42.9 Å². The van der Waals surface area contributed by atoms with Crippen molar-refractivity contribution in [3.05, 3.63) is 59.2 Å². The molecule has 1 unspecified atom stereocenters. The molecule has 5 nitrogen and oxygen atoms in total. The first kappa shape index (κ1) is 21.2. The van der Waals surface area contributed by atoms with Crippen molar-refractivity contribution in [2.45, 2.75) is 51.7 Å². The van der Waals surface area contributed by atoms with Crippen LogP contribution in [0.4, 0.5) is 0 Å². The number of rotatable bonds is 8. The normalized spacial score (nSPS) is 17.0. The lowest BCUT2D eigenvalue weighted by molar-refractivity contribution is -0.120. The molecule has 0 aliphatic carbocycles. The smallest absolute Gasteiger partial charge is 0.224 e. The Morgan fingerprint density at radius 1 is 1.07 bits per heavy atom. The lowest BCUT2D eigenvalue weighted by Gasteiger charge is -2.33. The topological polar surface area (TPSA) is 50.8 Å². The van der Waals surface area contributed by atoms with Crippen molar-refractivity contribution < 1.29 is 14.3 Å². The number of nitrogens with zero attached hydrogens (tertiary/aromatic N) is 1. The van der Waals surface area contributed by atoms with Gasteiger partial charge >= 0.3 is 0 Å². The molecule has 0 aromatic heterocycles. The minimum absolute atomic E-state index is 0.0391. The number of benzene rings is 2. The summed E-state index contributed by atoms with van der Waals surface area (Å²) in [5, 5.41) is 3.00. The van der Waals surface area contributed by atoms with E-state index >= 15 is 0 Å². The number of likely N-dealkylation sites (tertiary alicyclic amines) is 1. The second kappa shape index (κ2) is 10.3. The summed E-state index contributed by atoms with van der Waals surface area (Å²) in [7, 11) is 3.22. The van der Waals surface area contributed by atoms with E-state index in [2.05, 4.69) is 41.4 Å². The minimum atomic E-state index is -0.0391. The van der Waals surface area contributed by atoms with Crippen LogP contribution in [0.15, 0.2) is 42.5 Å². The van der Waals surface area contributed by atoms with E-state index in [4.69, 9.17) is 9.47 Å². The standard InChI is InChI=1S/C24H32N2O3/c1-18-6-4-5-13-26(18)17-20-9-7-19(8-10-20)16-25-24(27)15-21-14-22(28-2)11-12-23(21)29-3/h7-12,14,18H,4-6,13,15-17H2,1-3H3,(H,25,27). The van der Waals surface area contributed by atoms with Crippen molar-refractivity contribution in [1.29, 1.82) is 0 Å². The van der Waals surface area contributed by atoms with E-state index in [-0.39, 0.29) is 12.3 Å². The molecular weight excluding hydrogens is 364 g/mol. The van der Waals surface area contributed by atoms with E-state index in [1.165, 1.54) is 31.4 Å². The molecular formula is C24H32N2O3. The number of hydrogen-bond donors (Lipinski definition) is 1. The third-order valence-electron chi connectivity index (χ3n) is 5.68.